The van der Waals surface area contributed by atoms with Crippen LogP contribution in [0.15, 0.2) is 69.6 Å². The summed E-state index contributed by atoms with van der Waals surface area (Å²) < 4.78 is 7.59. The molecule has 2 heterocycles. The Bertz CT molecular complexity index is 1560. The number of anilines is 1. The topological polar surface area (TPSA) is 67.2 Å². The number of hydrogen-bond acceptors (Lipinski definition) is 5. The first-order valence-corrected chi connectivity index (χ1v) is 12.3. The van der Waals surface area contributed by atoms with Gasteiger partial charge in [0.2, 0.25) is 5.89 Å². The van der Waals surface area contributed by atoms with Gasteiger partial charge in [0.25, 0.3) is 5.91 Å². The second-order valence-corrected chi connectivity index (χ2v) is 10.1. The maximum atomic E-state index is 12.7. The number of oxazole rings is 1. The van der Waals surface area contributed by atoms with Crippen molar-refractivity contribution in [3.05, 3.63) is 80.1 Å². The van der Waals surface area contributed by atoms with Crippen LogP contribution in [0.25, 0.3) is 32.6 Å². The van der Waals surface area contributed by atoms with Gasteiger partial charge in [-0.15, -0.1) is 11.3 Å². The van der Waals surface area contributed by atoms with E-state index >= 15 is 0 Å². The van der Waals surface area contributed by atoms with Gasteiger partial charge in [0.15, 0.2) is 10.7 Å². The highest BCUT2D eigenvalue weighted by molar-refractivity contribution is 9.10. The summed E-state index contributed by atoms with van der Waals surface area (Å²) in [5.41, 5.74) is 2.81. The van der Waals surface area contributed by atoms with Crippen LogP contribution < -0.4 is 10.6 Å². The normalized spacial score (nSPS) is 11.1. The first-order valence-electron chi connectivity index (χ1n) is 9.54. The van der Waals surface area contributed by atoms with Crippen LogP contribution in [0.3, 0.4) is 0 Å². The van der Waals surface area contributed by atoms with Crippen LogP contribution in [0.2, 0.25) is 10.0 Å². The van der Waals surface area contributed by atoms with Gasteiger partial charge in [-0.25, -0.2) is 4.98 Å². The van der Waals surface area contributed by atoms with E-state index in [0.717, 1.165) is 20.1 Å². The summed E-state index contributed by atoms with van der Waals surface area (Å²) in [4.78, 5) is 17.7. The highest BCUT2D eigenvalue weighted by atomic mass is 79.9. The Balaban J connectivity index is 1.33. The van der Waals surface area contributed by atoms with E-state index in [2.05, 4.69) is 31.5 Å². The molecule has 2 aromatic heterocycles. The van der Waals surface area contributed by atoms with Gasteiger partial charge in [-0.3, -0.25) is 10.1 Å². The lowest BCUT2D eigenvalue weighted by Gasteiger charge is -2.08. The number of fused-ring (bicyclic) bond motifs is 2. The Morgan fingerprint density at radius 3 is 2.73 bits per heavy atom. The molecule has 1 amide bonds. The predicted molar refractivity (Wildman–Crippen MR) is 143 cm³/mol. The lowest BCUT2D eigenvalue weighted by atomic mass is 10.2. The van der Waals surface area contributed by atoms with E-state index in [0.29, 0.717) is 37.6 Å². The van der Waals surface area contributed by atoms with Gasteiger partial charge in [0.05, 0.1) is 10.6 Å². The fourth-order valence-corrected chi connectivity index (χ4v) is 5.62. The summed E-state index contributed by atoms with van der Waals surface area (Å²) in [6.07, 6.45) is 0. The number of nitrogens with one attached hydrogen (secondary N) is 2. The molecule has 5 nitrogen and oxygen atoms in total. The monoisotopic (exact) mass is 575 g/mol. The van der Waals surface area contributed by atoms with Gasteiger partial charge in [0.1, 0.15) is 10.4 Å². The molecule has 5 aromatic rings. The minimum atomic E-state index is -0.395. The second kappa shape index (κ2) is 9.04. The first-order chi connectivity index (χ1) is 15.9. The third-order valence-electron chi connectivity index (χ3n) is 4.77. The zero-order valence-electron chi connectivity index (χ0n) is 16.5. The van der Waals surface area contributed by atoms with Crippen molar-refractivity contribution in [1.82, 2.24) is 10.3 Å². The van der Waals surface area contributed by atoms with Gasteiger partial charge >= 0.3 is 0 Å². The summed E-state index contributed by atoms with van der Waals surface area (Å²) in [6.45, 7) is 0. The van der Waals surface area contributed by atoms with E-state index in [1.54, 1.807) is 36.4 Å². The Morgan fingerprint density at radius 2 is 1.91 bits per heavy atom. The number of hydrogen-bond donors (Lipinski definition) is 2. The number of nitrogens with zero attached hydrogens (tertiary/aromatic N) is 1. The zero-order chi connectivity index (χ0) is 23.1. The first kappa shape index (κ1) is 22.3. The molecule has 2 N–H and O–H groups in total. The van der Waals surface area contributed by atoms with Crippen molar-refractivity contribution in [2.24, 2.45) is 0 Å². The fourth-order valence-electron chi connectivity index (χ4n) is 3.26. The molecule has 0 unspecified atom stereocenters. The molecule has 0 fully saturated rings. The Hall–Kier alpha value is -2.49. The number of amides is 1. The van der Waals surface area contributed by atoms with E-state index in [9.17, 15) is 4.79 Å². The largest absolute Gasteiger partial charge is 0.436 e. The molecular formula is C23H12BrCl2N3O2S2. The van der Waals surface area contributed by atoms with Crippen LogP contribution >= 0.6 is 62.7 Å². The molecule has 0 saturated carbocycles. The van der Waals surface area contributed by atoms with E-state index in [1.165, 1.54) is 11.3 Å². The highest BCUT2D eigenvalue weighted by Gasteiger charge is 2.19. The van der Waals surface area contributed by atoms with Crippen molar-refractivity contribution in [2.45, 2.75) is 0 Å². The molecular weight excluding hydrogens is 565 g/mol. The maximum absolute atomic E-state index is 12.7. The van der Waals surface area contributed by atoms with Crippen molar-refractivity contribution in [3.63, 3.8) is 0 Å². The van der Waals surface area contributed by atoms with Gasteiger partial charge in [-0.05, 0) is 70.6 Å². The number of halogens is 3. The summed E-state index contributed by atoms with van der Waals surface area (Å²) in [6, 6.07) is 18.4. The third kappa shape index (κ3) is 4.49. The van der Waals surface area contributed by atoms with Crippen molar-refractivity contribution >= 4 is 101 Å². The SMILES string of the molecule is O=C(NC(=S)Nc1ccc2oc(-c3ccccc3Br)nc2c1)c1sc2cc(Cl)ccc2c1Cl. The molecule has 10 heteroatoms. The molecule has 0 atom stereocenters. The van der Waals surface area contributed by atoms with Gasteiger partial charge < -0.3 is 9.73 Å². The highest BCUT2D eigenvalue weighted by Crippen LogP contribution is 2.36. The number of thiocarbonyl (C=S) groups is 1. The fraction of sp³-hybridized carbons (Fsp3) is 0. The molecule has 0 saturated heterocycles. The smallest absolute Gasteiger partial charge is 0.269 e. The molecule has 0 aliphatic carbocycles. The van der Waals surface area contributed by atoms with Gasteiger partial charge in [-0.2, -0.15) is 0 Å². The summed E-state index contributed by atoms with van der Waals surface area (Å²) >= 11 is 22.5. The van der Waals surface area contributed by atoms with E-state index < -0.39 is 5.91 Å². The molecule has 0 bridgehead atoms. The van der Waals surface area contributed by atoms with Crippen LogP contribution in [0.4, 0.5) is 5.69 Å². The number of rotatable bonds is 3. The van der Waals surface area contributed by atoms with Crippen molar-refractivity contribution < 1.29 is 9.21 Å². The molecule has 0 radical (unpaired) electrons. The van der Waals surface area contributed by atoms with Crippen molar-refractivity contribution in [3.8, 4) is 11.5 Å². The van der Waals surface area contributed by atoms with Crippen molar-refractivity contribution in [1.29, 1.82) is 0 Å². The van der Waals surface area contributed by atoms with Gasteiger partial charge in [-0.1, -0.05) is 41.4 Å². The van der Waals surface area contributed by atoms with Crippen LogP contribution in [0.1, 0.15) is 9.67 Å². The molecule has 5 rings (SSSR count). The van der Waals surface area contributed by atoms with Crippen LogP contribution in [0.5, 0.6) is 0 Å². The molecule has 0 aliphatic heterocycles. The van der Waals surface area contributed by atoms with Crippen LogP contribution in [-0.2, 0) is 0 Å². The summed E-state index contributed by atoms with van der Waals surface area (Å²) in [5.74, 6) is 0.110. The summed E-state index contributed by atoms with van der Waals surface area (Å²) in [5, 5.41) is 7.54. The summed E-state index contributed by atoms with van der Waals surface area (Å²) in [7, 11) is 0. The maximum Gasteiger partial charge on any atom is 0.269 e. The van der Waals surface area contributed by atoms with Crippen LogP contribution in [-0.4, -0.2) is 16.0 Å². The van der Waals surface area contributed by atoms with E-state index in [1.807, 2.05) is 24.3 Å². The number of carbonyl (C=O) groups excluding carboxylic acids is 1. The molecule has 0 spiro atoms. The number of benzene rings is 3. The lowest BCUT2D eigenvalue weighted by molar-refractivity contribution is 0.0982. The molecule has 33 heavy (non-hydrogen) atoms. The van der Waals surface area contributed by atoms with Crippen LogP contribution in [0, 0.1) is 0 Å². The van der Waals surface area contributed by atoms with Crippen molar-refractivity contribution in [2.75, 3.05) is 5.32 Å². The molecule has 0 aliphatic rings. The lowest BCUT2D eigenvalue weighted by Crippen LogP contribution is -2.33. The Kier molecular flexibility index (Phi) is 6.11. The van der Waals surface area contributed by atoms with E-state index in [4.69, 9.17) is 39.8 Å². The minimum Gasteiger partial charge on any atom is -0.436 e. The minimum absolute atomic E-state index is 0.139. The Morgan fingerprint density at radius 1 is 1.09 bits per heavy atom. The molecule has 3 aromatic carbocycles. The predicted octanol–water partition coefficient (Wildman–Crippen LogP) is 7.91. The quantitative estimate of drug-likeness (QED) is 0.214. The number of carbonyl (C=O) groups is 1. The second-order valence-electron chi connectivity index (χ2n) is 6.98. The molecule has 164 valence electrons. The number of aromatic nitrogens is 1. The average molecular weight is 577 g/mol. The van der Waals surface area contributed by atoms with Gasteiger partial charge in [0, 0.05) is 25.3 Å². The Labute approximate surface area is 215 Å². The standard InChI is InChI=1S/C23H12BrCl2N3O2S2/c24-15-4-2-1-3-13(15)22-28-16-10-12(6-8-17(16)31-22)27-23(32)29-21(30)20-19(26)14-7-5-11(25)9-18(14)33-20/h1-10H,(H2,27,29,30,32). The zero-order valence-corrected chi connectivity index (χ0v) is 21.2. The van der Waals surface area contributed by atoms with E-state index in [-0.39, 0.29) is 5.11 Å². The third-order valence-corrected chi connectivity index (χ3v) is 7.56. The average Bonchev–Trinajstić information content (AvgIpc) is 3.34. The number of thiophene rings is 1.